The number of anilines is 1. The van der Waals surface area contributed by atoms with E-state index in [9.17, 15) is 23.7 Å². The Kier molecular flexibility index (Phi) is 4.08. The zero-order valence-electron chi connectivity index (χ0n) is 10.1. The number of halogens is 3. The first-order valence-electron chi connectivity index (χ1n) is 5.46. The Labute approximate surface area is 121 Å². The lowest BCUT2D eigenvalue weighted by Gasteiger charge is -2.06. The van der Waals surface area contributed by atoms with Crippen LogP contribution in [0.2, 0.25) is 5.15 Å². The second kappa shape index (κ2) is 5.80. The molecule has 0 aliphatic heterocycles. The van der Waals surface area contributed by atoms with E-state index in [1.165, 1.54) is 18.2 Å². The second-order valence-electron chi connectivity index (χ2n) is 3.84. The van der Waals surface area contributed by atoms with Gasteiger partial charge in [0.15, 0.2) is 11.6 Å². The fourth-order valence-electron chi connectivity index (χ4n) is 1.53. The van der Waals surface area contributed by atoms with Gasteiger partial charge in [-0.2, -0.15) is 0 Å². The molecule has 2 rings (SSSR count). The van der Waals surface area contributed by atoms with Gasteiger partial charge in [-0.15, -0.1) is 0 Å². The smallest absolute Gasteiger partial charge is 0.285 e. The highest BCUT2D eigenvalue weighted by Crippen LogP contribution is 2.23. The van der Waals surface area contributed by atoms with Gasteiger partial charge >= 0.3 is 0 Å². The number of amides is 1. The van der Waals surface area contributed by atoms with Crippen LogP contribution in [0.4, 0.5) is 20.3 Å². The Morgan fingerprint density at radius 3 is 2.57 bits per heavy atom. The number of pyridine rings is 1. The Bertz CT molecular complexity index is 740. The summed E-state index contributed by atoms with van der Waals surface area (Å²) in [6.45, 7) is 0. The number of carbonyl (C=O) groups excluding carboxylic acids is 1. The van der Waals surface area contributed by atoms with Crippen molar-refractivity contribution in [3.05, 3.63) is 62.8 Å². The lowest BCUT2D eigenvalue weighted by molar-refractivity contribution is -0.385. The summed E-state index contributed by atoms with van der Waals surface area (Å²) in [7, 11) is 0. The lowest BCUT2D eigenvalue weighted by atomic mass is 10.1. The summed E-state index contributed by atoms with van der Waals surface area (Å²) in [4.78, 5) is 25.5. The van der Waals surface area contributed by atoms with E-state index < -0.39 is 33.7 Å². The molecule has 0 spiro atoms. The molecule has 0 bridgehead atoms. The predicted molar refractivity (Wildman–Crippen MR) is 70.2 cm³/mol. The van der Waals surface area contributed by atoms with Crippen molar-refractivity contribution in [3.63, 3.8) is 0 Å². The van der Waals surface area contributed by atoms with Crippen LogP contribution >= 0.6 is 11.6 Å². The first-order valence-corrected chi connectivity index (χ1v) is 5.83. The highest BCUT2D eigenvalue weighted by atomic mass is 35.5. The van der Waals surface area contributed by atoms with E-state index in [-0.39, 0.29) is 11.0 Å². The molecule has 1 aromatic carbocycles. The van der Waals surface area contributed by atoms with Crippen LogP contribution in [-0.4, -0.2) is 15.8 Å². The van der Waals surface area contributed by atoms with Crippen LogP contribution in [0, 0.1) is 21.7 Å². The number of aromatic nitrogens is 1. The van der Waals surface area contributed by atoms with Gasteiger partial charge in [-0.1, -0.05) is 17.7 Å². The van der Waals surface area contributed by atoms with Gasteiger partial charge in [-0.05, 0) is 18.2 Å². The van der Waals surface area contributed by atoms with Crippen LogP contribution in [0.3, 0.4) is 0 Å². The normalized spacial score (nSPS) is 10.2. The summed E-state index contributed by atoms with van der Waals surface area (Å²) in [5.41, 5.74) is -1.48. The van der Waals surface area contributed by atoms with Crippen LogP contribution in [0.25, 0.3) is 0 Å². The van der Waals surface area contributed by atoms with Crippen LogP contribution in [0.5, 0.6) is 0 Å². The molecule has 9 heteroatoms. The number of carbonyl (C=O) groups is 1. The topological polar surface area (TPSA) is 85.1 Å². The molecule has 1 N–H and O–H groups in total. The number of nitrogens with one attached hydrogen (secondary N) is 1. The van der Waals surface area contributed by atoms with Gasteiger partial charge in [-0.25, -0.2) is 13.8 Å². The third-order valence-corrected chi connectivity index (χ3v) is 2.65. The molecule has 0 saturated carbocycles. The van der Waals surface area contributed by atoms with Crippen LogP contribution in [0.1, 0.15) is 10.4 Å². The highest BCUT2D eigenvalue weighted by Gasteiger charge is 2.24. The van der Waals surface area contributed by atoms with Crippen molar-refractivity contribution in [2.75, 3.05) is 5.32 Å². The van der Waals surface area contributed by atoms with Gasteiger partial charge < -0.3 is 5.32 Å². The third-order valence-electron chi connectivity index (χ3n) is 2.44. The highest BCUT2D eigenvalue weighted by molar-refractivity contribution is 6.29. The molecule has 6 nitrogen and oxygen atoms in total. The summed E-state index contributed by atoms with van der Waals surface area (Å²) in [6, 6.07) is 5.13. The predicted octanol–water partition coefficient (Wildman–Crippen LogP) is 3.17. The Morgan fingerprint density at radius 2 is 1.95 bits per heavy atom. The number of nitrogens with zero attached hydrogens (tertiary/aromatic N) is 2. The average Bonchev–Trinajstić information content (AvgIpc) is 2.41. The summed E-state index contributed by atoms with van der Waals surface area (Å²) in [5.74, 6) is -3.77. The molecule has 1 heterocycles. The fourth-order valence-corrected chi connectivity index (χ4v) is 1.69. The Morgan fingerprint density at radius 1 is 1.29 bits per heavy atom. The van der Waals surface area contributed by atoms with E-state index in [2.05, 4.69) is 10.3 Å². The molecule has 108 valence electrons. The molecule has 1 aromatic heterocycles. The molecule has 0 radical (unpaired) electrons. The molecular formula is C12H6ClF2N3O3. The lowest BCUT2D eigenvalue weighted by Crippen LogP contribution is -2.15. The first kappa shape index (κ1) is 14.8. The first-order chi connectivity index (χ1) is 9.88. The minimum Gasteiger partial charge on any atom is -0.306 e. The van der Waals surface area contributed by atoms with Gasteiger partial charge in [0.1, 0.15) is 16.5 Å². The van der Waals surface area contributed by atoms with Gasteiger partial charge in [0.05, 0.1) is 11.0 Å². The molecule has 21 heavy (non-hydrogen) atoms. The number of nitro groups is 1. The standard InChI is InChI=1S/C12H6ClF2N3O3/c13-10-2-1-3-11(16-10)17-12(19)6-4-7(14)8(15)5-9(6)18(20)21/h1-5H,(H,16,17,19). The van der Waals surface area contributed by atoms with Crippen molar-refractivity contribution in [3.8, 4) is 0 Å². The number of hydrogen-bond acceptors (Lipinski definition) is 4. The van der Waals surface area contributed by atoms with Crippen molar-refractivity contribution >= 4 is 29.0 Å². The molecule has 0 unspecified atom stereocenters. The van der Waals surface area contributed by atoms with E-state index in [0.29, 0.717) is 12.1 Å². The summed E-state index contributed by atoms with van der Waals surface area (Å²) in [6.07, 6.45) is 0. The van der Waals surface area contributed by atoms with Crippen LogP contribution in [-0.2, 0) is 0 Å². The average molecular weight is 314 g/mol. The molecule has 1 amide bonds. The molecule has 2 aromatic rings. The Hall–Kier alpha value is -2.61. The Balaban J connectivity index is 2.39. The molecular weight excluding hydrogens is 308 g/mol. The summed E-state index contributed by atoms with van der Waals surface area (Å²) in [5, 5.41) is 13.1. The number of hydrogen-bond donors (Lipinski definition) is 1. The molecule has 0 fully saturated rings. The van der Waals surface area contributed by atoms with E-state index in [1.54, 1.807) is 0 Å². The molecule has 0 aliphatic carbocycles. The third kappa shape index (κ3) is 3.29. The number of rotatable bonds is 3. The molecule has 0 aliphatic rings. The number of nitro benzene ring substituents is 1. The van der Waals surface area contributed by atoms with E-state index in [1.807, 2.05) is 0 Å². The van der Waals surface area contributed by atoms with Crippen molar-refractivity contribution in [1.29, 1.82) is 0 Å². The fraction of sp³-hybridized carbons (Fsp3) is 0. The zero-order chi connectivity index (χ0) is 15.6. The maximum atomic E-state index is 13.2. The van der Waals surface area contributed by atoms with Gasteiger partial charge in [0.2, 0.25) is 0 Å². The maximum Gasteiger partial charge on any atom is 0.285 e. The second-order valence-corrected chi connectivity index (χ2v) is 4.23. The minimum atomic E-state index is -1.42. The monoisotopic (exact) mass is 313 g/mol. The van der Waals surface area contributed by atoms with Crippen molar-refractivity contribution in [1.82, 2.24) is 4.98 Å². The van der Waals surface area contributed by atoms with Crippen molar-refractivity contribution in [2.45, 2.75) is 0 Å². The quantitative estimate of drug-likeness (QED) is 0.536. The van der Waals surface area contributed by atoms with E-state index in [4.69, 9.17) is 11.6 Å². The summed E-state index contributed by atoms with van der Waals surface area (Å²) < 4.78 is 26.2. The molecule has 0 saturated heterocycles. The number of benzene rings is 1. The van der Waals surface area contributed by atoms with Crippen LogP contribution < -0.4 is 5.32 Å². The molecule has 0 atom stereocenters. The largest absolute Gasteiger partial charge is 0.306 e. The van der Waals surface area contributed by atoms with Gasteiger partial charge in [-0.3, -0.25) is 14.9 Å². The minimum absolute atomic E-state index is 0.0199. The van der Waals surface area contributed by atoms with Crippen LogP contribution in [0.15, 0.2) is 30.3 Å². The van der Waals surface area contributed by atoms with Crippen molar-refractivity contribution < 1.29 is 18.5 Å². The van der Waals surface area contributed by atoms with Crippen molar-refractivity contribution in [2.24, 2.45) is 0 Å². The summed E-state index contributed by atoms with van der Waals surface area (Å²) >= 11 is 5.62. The van der Waals surface area contributed by atoms with E-state index >= 15 is 0 Å². The maximum absolute atomic E-state index is 13.2. The SMILES string of the molecule is O=C(Nc1cccc(Cl)n1)c1cc(F)c(F)cc1[N+](=O)[O-]. The van der Waals surface area contributed by atoms with Gasteiger partial charge in [0.25, 0.3) is 11.6 Å². The van der Waals surface area contributed by atoms with Gasteiger partial charge in [0, 0.05) is 0 Å². The van der Waals surface area contributed by atoms with E-state index in [0.717, 1.165) is 0 Å². The zero-order valence-corrected chi connectivity index (χ0v) is 10.9.